The van der Waals surface area contributed by atoms with Crippen molar-refractivity contribution in [3.8, 4) is 0 Å². The van der Waals surface area contributed by atoms with Gasteiger partial charge in [-0.25, -0.2) is 0 Å². The molecule has 0 bridgehead atoms. The van der Waals surface area contributed by atoms with Crippen LogP contribution in [0.5, 0.6) is 0 Å². The van der Waals surface area contributed by atoms with Crippen LogP contribution in [0, 0.1) is 12.8 Å². The molecule has 0 saturated carbocycles. The maximum Gasteiger partial charge on any atom is 0.308 e. The van der Waals surface area contributed by atoms with Gasteiger partial charge >= 0.3 is 5.97 Å². The number of aryl methyl sites for hydroxylation is 1. The second kappa shape index (κ2) is 6.29. The van der Waals surface area contributed by atoms with Gasteiger partial charge < -0.3 is 10.0 Å². The van der Waals surface area contributed by atoms with Crippen molar-refractivity contribution in [3.63, 3.8) is 0 Å². The molecule has 1 saturated heterocycles. The van der Waals surface area contributed by atoms with Crippen LogP contribution < -0.4 is 0 Å². The van der Waals surface area contributed by atoms with Gasteiger partial charge in [0.05, 0.1) is 12.0 Å². The fourth-order valence-electron chi connectivity index (χ4n) is 3.22. The van der Waals surface area contributed by atoms with E-state index < -0.39 is 11.9 Å². The van der Waals surface area contributed by atoms with Crippen LogP contribution in [0.3, 0.4) is 0 Å². The fourth-order valence-corrected chi connectivity index (χ4v) is 3.22. The Labute approximate surface area is 125 Å². The van der Waals surface area contributed by atoms with Gasteiger partial charge in [0.15, 0.2) is 0 Å². The van der Waals surface area contributed by atoms with Crippen LogP contribution in [0.2, 0.25) is 0 Å². The lowest BCUT2D eigenvalue weighted by atomic mass is 9.88. The maximum atomic E-state index is 12.4. The van der Waals surface area contributed by atoms with Gasteiger partial charge in [-0.15, -0.1) is 0 Å². The molecule has 1 aromatic carbocycles. The van der Waals surface area contributed by atoms with Crippen molar-refractivity contribution in [1.82, 2.24) is 4.90 Å². The summed E-state index contributed by atoms with van der Waals surface area (Å²) in [6.45, 7) is 5.88. The molecule has 1 heterocycles. The smallest absolute Gasteiger partial charge is 0.308 e. The summed E-state index contributed by atoms with van der Waals surface area (Å²) < 4.78 is 0. The van der Waals surface area contributed by atoms with E-state index in [1.807, 2.05) is 45.0 Å². The van der Waals surface area contributed by atoms with Gasteiger partial charge in [-0.1, -0.05) is 29.8 Å². The third kappa shape index (κ3) is 3.26. The van der Waals surface area contributed by atoms with Crippen molar-refractivity contribution in [2.24, 2.45) is 5.92 Å². The zero-order valence-corrected chi connectivity index (χ0v) is 12.9. The number of carboxylic acid groups (broad SMARTS) is 1. The van der Waals surface area contributed by atoms with E-state index >= 15 is 0 Å². The number of nitrogens with zero attached hydrogens (tertiary/aromatic N) is 1. The number of rotatable bonds is 3. The van der Waals surface area contributed by atoms with E-state index in [1.165, 1.54) is 0 Å². The minimum absolute atomic E-state index is 0.0111. The molecule has 1 fully saturated rings. The van der Waals surface area contributed by atoms with E-state index in [-0.39, 0.29) is 18.0 Å². The number of hydrogen-bond acceptors (Lipinski definition) is 2. The zero-order valence-electron chi connectivity index (χ0n) is 12.9. The van der Waals surface area contributed by atoms with Gasteiger partial charge in [-0.2, -0.15) is 0 Å². The van der Waals surface area contributed by atoms with Gasteiger partial charge in [0.25, 0.3) is 0 Å². The standard InChI is InChI=1S/C17H23NO3/c1-11(2)18-15(19)9-5-8-14(17(20)21)16(18)13-7-4-6-12(3)10-13/h4,6-7,10-11,14,16H,5,8-9H2,1-3H3,(H,20,21). The number of carbonyl (C=O) groups excluding carboxylic acids is 1. The molecule has 114 valence electrons. The summed E-state index contributed by atoms with van der Waals surface area (Å²) in [6.07, 6.45) is 1.62. The number of amides is 1. The Bertz CT molecular complexity index is 539. The van der Waals surface area contributed by atoms with Crippen LogP contribution >= 0.6 is 0 Å². The summed E-state index contributed by atoms with van der Waals surface area (Å²) in [4.78, 5) is 25.9. The number of hydrogen-bond donors (Lipinski definition) is 1. The molecule has 0 aliphatic carbocycles. The average Bonchev–Trinajstić information content (AvgIpc) is 2.57. The quantitative estimate of drug-likeness (QED) is 0.930. The summed E-state index contributed by atoms with van der Waals surface area (Å²) in [5.74, 6) is -1.30. The Morgan fingerprint density at radius 3 is 2.67 bits per heavy atom. The van der Waals surface area contributed by atoms with Crippen LogP contribution in [0.4, 0.5) is 0 Å². The Hall–Kier alpha value is -1.84. The molecule has 4 nitrogen and oxygen atoms in total. The number of carbonyl (C=O) groups is 2. The van der Waals surface area contributed by atoms with Crippen molar-refractivity contribution in [2.45, 2.75) is 52.1 Å². The summed E-state index contributed by atoms with van der Waals surface area (Å²) in [5.41, 5.74) is 2.00. The largest absolute Gasteiger partial charge is 0.481 e. The Morgan fingerprint density at radius 2 is 2.10 bits per heavy atom. The molecule has 1 aromatic rings. The minimum Gasteiger partial charge on any atom is -0.481 e. The second-order valence-corrected chi connectivity index (χ2v) is 6.09. The molecule has 1 amide bonds. The topological polar surface area (TPSA) is 57.6 Å². The molecule has 1 aliphatic heterocycles. The molecular weight excluding hydrogens is 266 g/mol. The Kier molecular flexibility index (Phi) is 4.66. The summed E-state index contributed by atoms with van der Waals surface area (Å²) in [7, 11) is 0. The molecule has 0 aromatic heterocycles. The van der Waals surface area contributed by atoms with E-state index in [1.54, 1.807) is 4.90 Å². The molecule has 0 spiro atoms. The van der Waals surface area contributed by atoms with Crippen molar-refractivity contribution in [3.05, 3.63) is 35.4 Å². The number of aliphatic carboxylic acids is 1. The van der Waals surface area contributed by atoms with Crippen molar-refractivity contribution in [2.75, 3.05) is 0 Å². The molecule has 2 rings (SSSR count). The Balaban J connectivity index is 2.53. The van der Waals surface area contributed by atoms with Gasteiger partial charge in [0.2, 0.25) is 5.91 Å². The molecule has 0 radical (unpaired) electrons. The third-order valence-corrected chi connectivity index (χ3v) is 4.13. The van der Waals surface area contributed by atoms with E-state index in [0.29, 0.717) is 19.3 Å². The predicted octanol–water partition coefficient (Wildman–Crippen LogP) is 3.16. The molecular formula is C17H23NO3. The van der Waals surface area contributed by atoms with Crippen molar-refractivity contribution < 1.29 is 14.7 Å². The second-order valence-electron chi connectivity index (χ2n) is 6.09. The van der Waals surface area contributed by atoms with Crippen LogP contribution in [-0.2, 0) is 9.59 Å². The normalized spacial score (nSPS) is 23.2. The first-order valence-corrected chi connectivity index (χ1v) is 7.52. The number of benzene rings is 1. The first-order chi connectivity index (χ1) is 9.91. The maximum absolute atomic E-state index is 12.4. The molecule has 2 unspecified atom stereocenters. The highest BCUT2D eigenvalue weighted by molar-refractivity contribution is 5.80. The molecule has 1 N–H and O–H groups in total. The van der Waals surface area contributed by atoms with E-state index in [4.69, 9.17) is 0 Å². The highest BCUT2D eigenvalue weighted by Crippen LogP contribution is 2.37. The fraction of sp³-hybridized carbons (Fsp3) is 0.529. The van der Waals surface area contributed by atoms with Crippen LogP contribution in [-0.4, -0.2) is 27.9 Å². The van der Waals surface area contributed by atoms with Gasteiger partial charge in [-0.05, 0) is 39.2 Å². The lowest BCUT2D eigenvalue weighted by molar-refractivity contribution is -0.147. The molecule has 1 aliphatic rings. The van der Waals surface area contributed by atoms with Crippen molar-refractivity contribution >= 4 is 11.9 Å². The molecule has 21 heavy (non-hydrogen) atoms. The molecule has 2 atom stereocenters. The first kappa shape index (κ1) is 15.5. The monoisotopic (exact) mass is 289 g/mol. The van der Waals surface area contributed by atoms with Crippen LogP contribution in [0.15, 0.2) is 24.3 Å². The predicted molar refractivity (Wildman–Crippen MR) is 80.9 cm³/mol. The van der Waals surface area contributed by atoms with Crippen molar-refractivity contribution in [1.29, 1.82) is 0 Å². The van der Waals surface area contributed by atoms with Crippen LogP contribution in [0.25, 0.3) is 0 Å². The van der Waals surface area contributed by atoms with E-state index in [0.717, 1.165) is 11.1 Å². The SMILES string of the molecule is Cc1cccc(C2C(C(=O)O)CCCC(=O)N2C(C)C)c1. The van der Waals surface area contributed by atoms with E-state index in [2.05, 4.69) is 0 Å². The van der Waals surface area contributed by atoms with Gasteiger partial charge in [0, 0.05) is 12.5 Å². The van der Waals surface area contributed by atoms with E-state index in [9.17, 15) is 14.7 Å². The summed E-state index contributed by atoms with van der Waals surface area (Å²) in [5, 5.41) is 9.61. The lowest BCUT2D eigenvalue weighted by Gasteiger charge is -2.37. The first-order valence-electron chi connectivity index (χ1n) is 7.52. The lowest BCUT2D eigenvalue weighted by Crippen LogP contribution is -2.43. The van der Waals surface area contributed by atoms with Gasteiger partial charge in [-0.3, -0.25) is 9.59 Å². The average molecular weight is 289 g/mol. The summed E-state index contributed by atoms with van der Waals surface area (Å²) in [6, 6.07) is 7.45. The van der Waals surface area contributed by atoms with Crippen LogP contribution in [0.1, 0.15) is 50.3 Å². The number of likely N-dealkylation sites (tertiary alicyclic amines) is 1. The summed E-state index contributed by atoms with van der Waals surface area (Å²) >= 11 is 0. The third-order valence-electron chi connectivity index (χ3n) is 4.13. The molecule has 4 heteroatoms. The van der Waals surface area contributed by atoms with Gasteiger partial charge in [0.1, 0.15) is 0 Å². The minimum atomic E-state index is -0.818. The zero-order chi connectivity index (χ0) is 15.6. The Morgan fingerprint density at radius 1 is 1.38 bits per heavy atom. The highest BCUT2D eigenvalue weighted by Gasteiger charge is 2.39. The number of carboxylic acids is 1. The highest BCUT2D eigenvalue weighted by atomic mass is 16.4.